The van der Waals surface area contributed by atoms with Crippen molar-refractivity contribution in [2.75, 3.05) is 30.0 Å². The number of halogens is 2. The second-order valence-electron chi connectivity index (χ2n) is 7.20. The molecule has 1 N–H and O–H groups in total. The van der Waals surface area contributed by atoms with E-state index in [9.17, 15) is 23.2 Å². The Labute approximate surface area is 179 Å². The van der Waals surface area contributed by atoms with E-state index in [4.69, 9.17) is 9.47 Å². The number of amides is 3. The lowest BCUT2D eigenvalue weighted by Crippen LogP contribution is -2.43. The summed E-state index contributed by atoms with van der Waals surface area (Å²) in [7, 11) is 0. The highest BCUT2D eigenvalue weighted by Gasteiger charge is 2.55. The topological polar surface area (TPSA) is 113 Å². The number of carbonyl (C=O) groups is 3. The fourth-order valence-electron chi connectivity index (χ4n) is 3.71. The molecule has 12 heteroatoms. The maximum Gasteiger partial charge on any atom is 0.263 e. The van der Waals surface area contributed by atoms with Gasteiger partial charge in [0, 0.05) is 12.1 Å². The number of nitrogens with one attached hydrogen (secondary N) is 1. The van der Waals surface area contributed by atoms with E-state index in [0.29, 0.717) is 24.7 Å². The summed E-state index contributed by atoms with van der Waals surface area (Å²) >= 11 is 0. The standard InChI is InChI=1S/C20H15F2N5O5/c21-10-1-3-12(22)13(7-10)23-16(28)9-26-18-17(24-25-26)19(29)27(20(18)30)11-2-4-14-15(8-11)32-6-5-31-14/h1-4,7-8,17-18H,5-6,9H2,(H,23,28). The van der Waals surface area contributed by atoms with Gasteiger partial charge in [-0.3, -0.25) is 19.4 Å². The van der Waals surface area contributed by atoms with Crippen LogP contribution < -0.4 is 19.7 Å². The summed E-state index contributed by atoms with van der Waals surface area (Å²) in [4.78, 5) is 39.2. The predicted octanol–water partition coefficient (Wildman–Crippen LogP) is 1.67. The molecule has 3 heterocycles. The average molecular weight is 443 g/mol. The van der Waals surface area contributed by atoms with Gasteiger partial charge in [-0.25, -0.2) is 13.7 Å². The lowest BCUT2D eigenvalue weighted by atomic mass is 10.1. The Hall–Kier alpha value is -4.09. The molecule has 3 aliphatic heterocycles. The first-order valence-electron chi connectivity index (χ1n) is 9.62. The van der Waals surface area contributed by atoms with Crippen LogP contribution >= 0.6 is 0 Å². The number of ether oxygens (including phenoxy) is 2. The van der Waals surface area contributed by atoms with Gasteiger partial charge in [0.15, 0.2) is 23.6 Å². The van der Waals surface area contributed by atoms with Crippen molar-refractivity contribution in [3.05, 3.63) is 48.0 Å². The van der Waals surface area contributed by atoms with Gasteiger partial charge in [-0.2, -0.15) is 5.11 Å². The van der Waals surface area contributed by atoms with E-state index in [1.54, 1.807) is 12.1 Å². The van der Waals surface area contributed by atoms with Crippen molar-refractivity contribution in [2.24, 2.45) is 10.3 Å². The Morgan fingerprint density at radius 2 is 1.84 bits per heavy atom. The van der Waals surface area contributed by atoms with Crippen LogP contribution in [0, 0.1) is 11.6 Å². The molecule has 3 amide bonds. The maximum absolute atomic E-state index is 13.8. The summed E-state index contributed by atoms with van der Waals surface area (Å²) in [5.41, 5.74) is -0.0745. The summed E-state index contributed by atoms with van der Waals surface area (Å²) < 4.78 is 38.0. The quantitative estimate of drug-likeness (QED) is 0.720. The highest BCUT2D eigenvalue weighted by Crippen LogP contribution is 2.37. The summed E-state index contributed by atoms with van der Waals surface area (Å²) in [6, 6.07) is 5.04. The van der Waals surface area contributed by atoms with E-state index in [1.807, 2.05) is 0 Å². The number of hydrogen-bond donors (Lipinski definition) is 1. The number of hydrogen-bond acceptors (Lipinski definition) is 8. The molecular formula is C20H15F2N5O5. The second kappa shape index (κ2) is 7.55. The molecule has 0 aromatic heterocycles. The molecule has 0 aliphatic carbocycles. The molecule has 10 nitrogen and oxygen atoms in total. The predicted molar refractivity (Wildman–Crippen MR) is 104 cm³/mol. The minimum Gasteiger partial charge on any atom is -0.486 e. The first-order valence-corrected chi connectivity index (χ1v) is 9.62. The van der Waals surface area contributed by atoms with E-state index in [2.05, 4.69) is 15.7 Å². The van der Waals surface area contributed by atoms with Crippen molar-refractivity contribution in [3.8, 4) is 11.5 Å². The normalized spacial score (nSPS) is 21.2. The van der Waals surface area contributed by atoms with E-state index >= 15 is 0 Å². The Morgan fingerprint density at radius 3 is 2.66 bits per heavy atom. The second-order valence-corrected chi connectivity index (χ2v) is 7.20. The van der Waals surface area contributed by atoms with Gasteiger partial charge >= 0.3 is 0 Å². The number of carbonyl (C=O) groups excluding carboxylic acids is 3. The van der Waals surface area contributed by atoms with Crippen LogP contribution in [0.1, 0.15) is 0 Å². The molecule has 0 spiro atoms. The molecule has 164 valence electrons. The van der Waals surface area contributed by atoms with Crippen molar-refractivity contribution >= 4 is 29.1 Å². The fraction of sp³-hybridized carbons (Fsp3) is 0.250. The lowest BCUT2D eigenvalue weighted by molar-refractivity contribution is -0.123. The molecule has 1 fully saturated rings. The molecule has 2 aromatic carbocycles. The molecule has 1 saturated heterocycles. The van der Waals surface area contributed by atoms with Crippen LogP contribution in [-0.4, -0.2) is 54.6 Å². The molecule has 5 rings (SSSR count). The number of fused-ring (bicyclic) bond motifs is 2. The van der Waals surface area contributed by atoms with E-state index in [0.717, 1.165) is 28.1 Å². The molecule has 2 unspecified atom stereocenters. The fourth-order valence-corrected chi connectivity index (χ4v) is 3.71. The van der Waals surface area contributed by atoms with Gasteiger partial charge in [0.2, 0.25) is 5.91 Å². The molecule has 32 heavy (non-hydrogen) atoms. The van der Waals surface area contributed by atoms with Gasteiger partial charge < -0.3 is 14.8 Å². The third kappa shape index (κ3) is 3.29. The Morgan fingerprint density at radius 1 is 1.06 bits per heavy atom. The highest BCUT2D eigenvalue weighted by molar-refractivity contribution is 6.25. The third-order valence-electron chi connectivity index (χ3n) is 5.15. The van der Waals surface area contributed by atoms with Gasteiger partial charge in [-0.1, -0.05) is 5.22 Å². The highest BCUT2D eigenvalue weighted by atomic mass is 19.1. The van der Waals surface area contributed by atoms with Crippen LogP contribution in [0.3, 0.4) is 0 Å². The molecule has 0 radical (unpaired) electrons. The summed E-state index contributed by atoms with van der Waals surface area (Å²) in [5, 5.41) is 10.9. The van der Waals surface area contributed by atoms with Crippen molar-refractivity contribution in [2.45, 2.75) is 12.1 Å². The van der Waals surface area contributed by atoms with Crippen LogP contribution in [0.5, 0.6) is 11.5 Å². The van der Waals surface area contributed by atoms with Crippen molar-refractivity contribution in [1.29, 1.82) is 0 Å². The third-order valence-corrected chi connectivity index (χ3v) is 5.15. The molecule has 2 aromatic rings. The molecule has 0 bridgehead atoms. The smallest absolute Gasteiger partial charge is 0.263 e. The van der Waals surface area contributed by atoms with Crippen molar-refractivity contribution in [3.63, 3.8) is 0 Å². The van der Waals surface area contributed by atoms with Gasteiger partial charge in [0.05, 0.1) is 11.4 Å². The van der Waals surface area contributed by atoms with E-state index in [1.165, 1.54) is 6.07 Å². The Bertz CT molecular complexity index is 1170. The number of imide groups is 1. The molecule has 3 aliphatic rings. The monoisotopic (exact) mass is 443 g/mol. The Balaban J connectivity index is 1.33. The van der Waals surface area contributed by atoms with E-state index in [-0.39, 0.29) is 11.4 Å². The SMILES string of the molecule is O=C(CN1N=NC2C(=O)N(c3ccc4c(c3)OCCO4)C(=O)C21)Nc1cc(F)ccc1F. The average Bonchev–Trinajstić information content (AvgIpc) is 3.29. The number of rotatable bonds is 4. The molecule has 2 atom stereocenters. The Kier molecular flexibility index (Phi) is 4.68. The minimum atomic E-state index is -1.13. The largest absolute Gasteiger partial charge is 0.486 e. The van der Waals surface area contributed by atoms with Gasteiger partial charge in [0.1, 0.15) is 31.4 Å². The van der Waals surface area contributed by atoms with E-state index < -0.39 is 48.0 Å². The lowest BCUT2D eigenvalue weighted by Gasteiger charge is -2.22. The first-order chi connectivity index (χ1) is 15.4. The molecular weight excluding hydrogens is 428 g/mol. The van der Waals surface area contributed by atoms with Gasteiger partial charge in [-0.15, -0.1) is 0 Å². The van der Waals surface area contributed by atoms with Crippen LogP contribution in [0.4, 0.5) is 20.2 Å². The number of anilines is 2. The zero-order chi connectivity index (χ0) is 22.4. The van der Waals surface area contributed by atoms with Crippen LogP contribution in [0.25, 0.3) is 0 Å². The minimum absolute atomic E-state index is 0.278. The van der Waals surface area contributed by atoms with Crippen molar-refractivity contribution in [1.82, 2.24) is 5.01 Å². The maximum atomic E-state index is 13.8. The van der Waals surface area contributed by atoms with Crippen molar-refractivity contribution < 1.29 is 32.6 Å². The van der Waals surface area contributed by atoms with Gasteiger partial charge in [-0.05, 0) is 24.3 Å². The van der Waals surface area contributed by atoms with Crippen LogP contribution in [0.2, 0.25) is 0 Å². The number of nitrogens with zero attached hydrogens (tertiary/aromatic N) is 4. The molecule has 0 saturated carbocycles. The van der Waals surface area contributed by atoms with Gasteiger partial charge in [0.25, 0.3) is 11.8 Å². The number of benzene rings is 2. The summed E-state index contributed by atoms with van der Waals surface area (Å²) in [6.07, 6.45) is 0. The zero-order valence-corrected chi connectivity index (χ0v) is 16.3. The first kappa shape index (κ1) is 19.8. The van der Waals surface area contributed by atoms with Crippen LogP contribution in [-0.2, 0) is 14.4 Å². The zero-order valence-electron chi connectivity index (χ0n) is 16.3. The van der Waals surface area contributed by atoms with Crippen LogP contribution in [0.15, 0.2) is 46.7 Å². The summed E-state index contributed by atoms with van der Waals surface area (Å²) in [5.74, 6) is -2.62. The summed E-state index contributed by atoms with van der Waals surface area (Å²) in [6.45, 7) is 0.246.